The highest BCUT2D eigenvalue weighted by Gasteiger charge is 2.28. The van der Waals surface area contributed by atoms with Gasteiger partial charge in [-0.1, -0.05) is 91.0 Å². The van der Waals surface area contributed by atoms with Crippen LogP contribution in [-0.4, -0.2) is 52.8 Å². The second-order valence-electron chi connectivity index (χ2n) is 9.17. The molecule has 6 nitrogen and oxygen atoms in total. The second-order valence-corrected chi connectivity index (χ2v) is 10.0. The van der Waals surface area contributed by atoms with E-state index in [-0.39, 0.29) is 24.3 Å². The number of benzene rings is 3. The van der Waals surface area contributed by atoms with Crippen molar-refractivity contribution in [2.75, 3.05) is 31.5 Å². The normalized spacial score (nSPS) is 14.0. The summed E-state index contributed by atoms with van der Waals surface area (Å²) in [5, 5.41) is 5.23. The Bertz CT molecular complexity index is 1260. The summed E-state index contributed by atoms with van der Waals surface area (Å²) in [6.45, 7) is 2.97. The third-order valence-electron chi connectivity index (χ3n) is 6.60. The quantitative estimate of drug-likeness (QED) is 0.370. The van der Waals surface area contributed by atoms with Crippen LogP contribution in [-0.2, 0) is 22.4 Å². The first-order chi connectivity index (χ1) is 18.2. The summed E-state index contributed by atoms with van der Waals surface area (Å²) in [6, 6.07) is 30.9. The van der Waals surface area contributed by atoms with E-state index >= 15 is 0 Å². The van der Waals surface area contributed by atoms with E-state index in [4.69, 9.17) is 0 Å². The Hall–Kier alpha value is -3.81. The number of thiazole rings is 1. The third kappa shape index (κ3) is 6.50. The van der Waals surface area contributed by atoms with Crippen LogP contribution in [0.15, 0.2) is 96.4 Å². The van der Waals surface area contributed by atoms with Gasteiger partial charge in [-0.25, -0.2) is 4.98 Å². The van der Waals surface area contributed by atoms with Crippen LogP contribution < -0.4 is 5.32 Å². The molecule has 0 spiro atoms. The van der Waals surface area contributed by atoms with Crippen molar-refractivity contribution in [3.05, 3.63) is 119 Å². The molecule has 188 valence electrons. The minimum atomic E-state index is -0.110. The molecule has 0 radical (unpaired) electrons. The van der Waals surface area contributed by atoms with Crippen molar-refractivity contribution in [1.82, 2.24) is 14.8 Å². The van der Waals surface area contributed by atoms with Gasteiger partial charge in [0.2, 0.25) is 11.8 Å². The first kappa shape index (κ1) is 24.9. The van der Waals surface area contributed by atoms with Gasteiger partial charge in [0.1, 0.15) is 0 Å². The second kappa shape index (κ2) is 12.0. The molecule has 1 N–H and O–H groups in total. The van der Waals surface area contributed by atoms with Gasteiger partial charge in [0, 0.05) is 31.6 Å². The van der Waals surface area contributed by atoms with E-state index in [9.17, 15) is 9.59 Å². The maximum Gasteiger partial charge on any atom is 0.230 e. The summed E-state index contributed by atoms with van der Waals surface area (Å²) in [5.41, 5.74) is 4.17. The number of nitrogens with zero attached hydrogens (tertiary/aromatic N) is 3. The zero-order valence-corrected chi connectivity index (χ0v) is 21.4. The molecule has 4 aromatic rings. The third-order valence-corrected chi connectivity index (χ3v) is 7.41. The molecule has 1 aliphatic heterocycles. The minimum absolute atomic E-state index is 0.0723. The number of carbonyl (C=O) groups excluding carboxylic acids is 2. The van der Waals surface area contributed by atoms with E-state index in [2.05, 4.69) is 63.7 Å². The van der Waals surface area contributed by atoms with Gasteiger partial charge in [-0.15, -0.1) is 11.3 Å². The molecule has 2 amide bonds. The van der Waals surface area contributed by atoms with E-state index in [1.165, 1.54) is 22.5 Å². The van der Waals surface area contributed by atoms with Gasteiger partial charge >= 0.3 is 0 Å². The molecule has 0 bridgehead atoms. The Balaban J connectivity index is 1.16. The van der Waals surface area contributed by atoms with E-state index in [1.54, 1.807) is 0 Å². The average molecular weight is 511 g/mol. The highest BCUT2D eigenvalue weighted by molar-refractivity contribution is 7.13. The van der Waals surface area contributed by atoms with Crippen LogP contribution in [0.2, 0.25) is 0 Å². The Labute approximate surface area is 221 Å². The summed E-state index contributed by atoms with van der Waals surface area (Å²) < 4.78 is 0. The minimum Gasteiger partial charge on any atom is -0.340 e. The van der Waals surface area contributed by atoms with Crippen LogP contribution >= 0.6 is 11.3 Å². The van der Waals surface area contributed by atoms with E-state index in [1.807, 2.05) is 52.7 Å². The SMILES string of the molecule is O=C(Cc1ccccc1)Nc1nc(CC(=O)N2CCN(C(c3ccccc3)c3ccccc3)CC2)cs1. The predicted octanol–water partition coefficient (Wildman–Crippen LogP) is 4.80. The number of carbonyl (C=O) groups is 2. The maximum atomic E-state index is 13.0. The van der Waals surface area contributed by atoms with E-state index in [0.717, 1.165) is 18.7 Å². The lowest BCUT2D eigenvalue weighted by molar-refractivity contribution is -0.132. The lowest BCUT2D eigenvalue weighted by Gasteiger charge is -2.39. The summed E-state index contributed by atoms with van der Waals surface area (Å²) in [6.07, 6.45) is 0.539. The van der Waals surface area contributed by atoms with Crippen LogP contribution in [0.4, 0.5) is 5.13 Å². The van der Waals surface area contributed by atoms with E-state index < -0.39 is 0 Å². The van der Waals surface area contributed by atoms with Crippen molar-refractivity contribution in [3.8, 4) is 0 Å². The highest BCUT2D eigenvalue weighted by atomic mass is 32.1. The molecule has 0 unspecified atom stereocenters. The lowest BCUT2D eigenvalue weighted by Crippen LogP contribution is -2.50. The number of aromatic nitrogens is 1. The lowest BCUT2D eigenvalue weighted by atomic mass is 9.96. The molecule has 5 rings (SSSR count). The Morgan fingerprint density at radius 2 is 1.35 bits per heavy atom. The molecular formula is C30H30N4O2S. The van der Waals surface area contributed by atoms with Crippen molar-refractivity contribution in [2.24, 2.45) is 0 Å². The fourth-order valence-electron chi connectivity index (χ4n) is 4.77. The molecule has 0 aliphatic carbocycles. The standard InChI is InChI=1S/C30H30N4O2S/c35-27(20-23-10-4-1-5-11-23)32-30-31-26(22-37-30)21-28(36)33-16-18-34(19-17-33)29(24-12-6-2-7-13-24)25-14-8-3-9-15-25/h1-15,22,29H,16-21H2,(H,31,32,35). The largest absolute Gasteiger partial charge is 0.340 e. The van der Waals surface area contributed by atoms with Gasteiger partial charge in [-0.05, 0) is 16.7 Å². The van der Waals surface area contributed by atoms with Gasteiger partial charge in [-0.2, -0.15) is 0 Å². The van der Waals surface area contributed by atoms with Gasteiger partial charge < -0.3 is 10.2 Å². The van der Waals surface area contributed by atoms with Crippen molar-refractivity contribution in [2.45, 2.75) is 18.9 Å². The van der Waals surface area contributed by atoms with E-state index in [0.29, 0.717) is 30.3 Å². The van der Waals surface area contributed by atoms with Crippen LogP contribution in [0.3, 0.4) is 0 Å². The molecule has 0 saturated carbocycles. The number of piperazine rings is 1. The molecule has 3 aromatic carbocycles. The average Bonchev–Trinajstić information content (AvgIpc) is 3.37. The summed E-state index contributed by atoms with van der Waals surface area (Å²) >= 11 is 1.35. The number of anilines is 1. The fraction of sp³-hybridized carbons (Fsp3) is 0.233. The van der Waals surface area contributed by atoms with Crippen molar-refractivity contribution in [3.63, 3.8) is 0 Å². The van der Waals surface area contributed by atoms with Crippen LogP contribution in [0.25, 0.3) is 0 Å². The molecule has 2 heterocycles. The summed E-state index contributed by atoms with van der Waals surface area (Å²) in [4.78, 5) is 34.2. The molecule has 0 atom stereocenters. The summed E-state index contributed by atoms with van der Waals surface area (Å²) in [7, 11) is 0. The summed E-state index contributed by atoms with van der Waals surface area (Å²) in [5.74, 6) is -0.0379. The molecule has 1 aliphatic rings. The number of hydrogen-bond acceptors (Lipinski definition) is 5. The van der Waals surface area contributed by atoms with Gasteiger partial charge in [0.25, 0.3) is 0 Å². The maximum absolute atomic E-state index is 13.0. The Kier molecular flexibility index (Phi) is 8.03. The number of hydrogen-bond donors (Lipinski definition) is 1. The Morgan fingerprint density at radius 1 is 0.784 bits per heavy atom. The van der Waals surface area contributed by atoms with Crippen LogP contribution in [0.1, 0.15) is 28.4 Å². The van der Waals surface area contributed by atoms with Gasteiger partial charge in [0.05, 0.1) is 24.6 Å². The van der Waals surface area contributed by atoms with Crippen molar-refractivity contribution in [1.29, 1.82) is 0 Å². The first-order valence-corrected chi connectivity index (χ1v) is 13.4. The fourth-order valence-corrected chi connectivity index (χ4v) is 5.50. The van der Waals surface area contributed by atoms with Crippen LogP contribution in [0.5, 0.6) is 0 Å². The van der Waals surface area contributed by atoms with Crippen molar-refractivity contribution < 1.29 is 9.59 Å². The monoisotopic (exact) mass is 510 g/mol. The molecule has 1 saturated heterocycles. The molecular weight excluding hydrogens is 480 g/mol. The number of amides is 2. The highest BCUT2D eigenvalue weighted by Crippen LogP contribution is 2.29. The zero-order chi connectivity index (χ0) is 25.5. The van der Waals surface area contributed by atoms with Gasteiger partial charge in [0.15, 0.2) is 5.13 Å². The number of rotatable bonds is 8. The molecule has 1 fully saturated rings. The predicted molar refractivity (Wildman–Crippen MR) is 147 cm³/mol. The Morgan fingerprint density at radius 3 is 1.95 bits per heavy atom. The zero-order valence-electron chi connectivity index (χ0n) is 20.6. The molecule has 7 heteroatoms. The van der Waals surface area contributed by atoms with Crippen LogP contribution in [0, 0.1) is 0 Å². The van der Waals surface area contributed by atoms with Crippen molar-refractivity contribution >= 4 is 28.3 Å². The topological polar surface area (TPSA) is 65.5 Å². The first-order valence-electron chi connectivity index (χ1n) is 12.6. The molecule has 37 heavy (non-hydrogen) atoms. The number of nitrogens with one attached hydrogen (secondary N) is 1. The smallest absolute Gasteiger partial charge is 0.230 e. The van der Waals surface area contributed by atoms with Gasteiger partial charge in [-0.3, -0.25) is 14.5 Å². The molecule has 1 aromatic heterocycles.